The van der Waals surface area contributed by atoms with Gasteiger partial charge in [0.15, 0.2) is 0 Å². The fraction of sp³-hybridized carbons (Fsp3) is 0.100. The zero-order valence-electron chi connectivity index (χ0n) is 8.43. The third-order valence-electron chi connectivity index (χ3n) is 2.04. The third-order valence-corrected chi connectivity index (χ3v) is 3.17. The van der Waals surface area contributed by atoms with Crippen molar-refractivity contribution in [1.29, 1.82) is 0 Å². The van der Waals surface area contributed by atoms with Gasteiger partial charge in [-0.15, -0.1) is 0 Å². The number of hydrogen-bond donors (Lipinski definition) is 1. The fourth-order valence-electron chi connectivity index (χ4n) is 1.26. The molecule has 0 unspecified atom stereocenters. The Labute approximate surface area is 105 Å². The van der Waals surface area contributed by atoms with Gasteiger partial charge >= 0.3 is 105 Å². The molecule has 1 radical (unpaired) electrons. The predicted molar refractivity (Wildman–Crippen MR) is 65.3 cm³/mol. The Kier molecular flexibility index (Phi) is 3.43. The molecule has 0 spiro atoms. The second-order valence-corrected chi connectivity index (χ2v) is 4.73. The van der Waals surface area contributed by atoms with Crippen LogP contribution in [-0.4, -0.2) is 37.4 Å². The number of nitrogens with one attached hydrogen (secondary N) is 1. The monoisotopic (exact) mass is 298 g/mol. The van der Waals surface area contributed by atoms with Gasteiger partial charge in [0.05, 0.1) is 0 Å². The van der Waals surface area contributed by atoms with Crippen LogP contribution in [0.1, 0.15) is 0 Å². The molecule has 1 N–H and O–H groups in total. The number of rotatable bonds is 2. The summed E-state index contributed by atoms with van der Waals surface area (Å²) in [5.41, 5.74) is 0.874. The van der Waals surface area contributed by atoms with Crippen molar-refractivity contribution in [1.82, 2.24) is 15.2 Å². The van der Waals surface area contributed by atoms with Crippen LogP contribution in [0.3, 0.4) is 0 Å². The summed E-state index contributed by atoms with van der Waals surface area (Å²) in [6.45, 7) is 0. The second kappa shape index (κ2) is 4.82. The van der Waals surface area contributed by atoms with Gasteiger partial charge in [0.2, 0.25) is 0 Å². The first-order valence-corrected chi connectivity index (χ1v) is 6.57. The van der Waals surface area contributed by atoms with Gasteiger partial charge in [-0.25, -0.2) is 0 Å². The molecule has 0 fully saturated rings. The van der Waals surface area contributed by atoms with Gasteiger partial charge in [-0.05, 0) is 0 Å². The predicted octanol–water partition coefficient (Wildman–Crippen LogP) is 0.348. The molecule has 2 aromatic rings. The van der Waals surface area contributed by atoms with E-state index in [2.05, 4.69) is 31.2 Å². The van der Waals surface area contributed by atoms with Crippen molar-refractivity contribution in [3.63, 3.8) is 0 Å². The maximum atomic E-state index is 11.6. The van der Waals surface area contributed by atoms with Gasteiger partial charge in [0.1, 0.15) is 0 Å². The third kappa shape index (κ3) is 2.35. The first-order chi connectivity index (χ1) is 7.70. The summed E-state index contributed by atoms with van der Waals surface area (Å²) in [4.78, 5) is 15.3. The first kappa shape index (κ1) is 11.4. The molecule has 0 atom stereocenters. The summed E-state index contributed by atoms with van der Waals surface area (Å²) < 4.78 is 0.398. The zero-order chi connectivity index (χ0) is 11.5. The van der Waals surface area contributed by atoms with Crippen LogP contribution in [0.5, 0.6) is 0 Å². The van der Waals surface area contributed by atoms with Gasteiger partial charge in [-0.1, -0.05) is 0 Å². The Bertz CT molecular complexity index is 553. The number of nitrogens with zero attached hydrogens (tertiary/aromatic N) is 2. The van der Waals surface area contributed by atoms with Crippen molar-refractivity contribution in [3.05, 3.63) is 34.6 Å². The van der Waals surface area contributed by atoms with Gasteiger partial charge in [-0.2, -0.15) is 0 Å². The van der Waals surface area contributed by atoms with Gasteiger partial charge < -0.3 is 0 Å². The van der Waals surface area contributed by atoms with E-state index in [9.17, 15) is 4.79 Å². The zero-order valence-corrected chi connectivity index (χ0v) is 11.0. The van der Waals surface area contributed by atoms with Gasteiger partial charge in [0.25, 0.3) is 0 Å². The van der Waals surface area contributed by atoms with Crippen LogP contribution in [0, 0.1) is 0 Å². The molecule has 0 aliphatic rings. The molecule has 0 saturated carbocycles. The summed E-state index contributed by atoms with van der Waals surface area (Å²) in [6, 6.07) is 7.63. The number of H-pyrrole nitrogens is 1. The minimum atomic E-state index is -0.236. The molecule has 0 aliphatic heterocycles. The average Bonchev–Trinajstić information content (AvgIpc) is 2.29. The molecule has 1 aromatic heterocycles. The Balaban J connectivity index is 2.46. The summed E-state index contributed by atoms with van der Waals surface area (Å²) in [5.74, 6) is 0. The summed E-state index contributed by atoms with van der Waals surface area (Å²) in [6.07, 6.45) is 2.00. The topological polar surface area (TPSA) is 58.6 Å². The average molecular weight is 297 g/mol. The molecular weight excluding hydrogens is 289 g/mol. The number of thioether (sulfide) groups is 1. The van der Waals surface area contributed by atoms with Gasteiger partial charge in [0, 0.05) is 0 Å². The van der Waals surface area contributed by atoms with E-state index in [1.807, 2.05) is 30.5 Å². The SMILES string of the molecule is CSc1ccc(-c2nnc([Se])[nH]c2=O)cc1. The van der Waals surface area contributed by atoms with Crippen LogP contribution in [0.4, 0.5) is 0 Å². The van der Waals surface area contributed by atoms with E-state index in [1.54, 1.807) is 11.8 Å². The fourth-order valence-corrected chi connectivity index (χ4v) is 1.95. The Morgan fingerprint density at radius 3 is 2.50 bits per heavy atom. The van der Waals surface area contributed by atoms with Crippen molar-refractivity contribution in [2.24, 2.45) is 0 Å². The number of hydrogen-bond acceptors (Lipinski definition) is 4. The molecule has 0 aliphatic carbocycles. The second-order valence-electron chi connectivity index (χ2n) is 3.04. The van der Waals surface area contributed by atoms with Crippen LogP contribution in [0.25, 0.3) is 11.3 Å². The Morgan fingerprint density at radius 2 is 1.94 bits per heavy atom. The van der Waals surface area contributed by atoms with Crippen molar-refractivity contribution in [2.45, 2.75) is 4.90 Å². The summed E-state index contributed by atoms with van der Waals surface area (Å²) in [5, 5.41) is 7.66. The summed E-state index contributed by atoms with van der Waals surface area (Å²) in [7, 11) is 0. The van der Waals surface area contributed by atoms with Crippen molar-refractivity contribution >= 4 is 32.5 Å². The van der Waals surface area contributed by atoms with Crippen LogP contribution in [0.15, 0.2) is 34.0 Å². The molecule has 2 rings (SSSR count). The van der Waals surface area contributed by atoms with E-state index in [-0.39, 0.29) is 5.56 Å². The molecule has 1 heterocycles. The number of benzene rings is 1. The minimum absolute atomic E-state index is 0.236. The van der Waals surface area contributed by atoms with Crippen LogP contribution < -0.4 is 10.3 Å². The van der Waals surface area contributed by atoms with E-state index in [0.29, 0.717) is 10.4 Å². The quantitative estimate of drug-likeness (QED) is 0.642. The molecule has 4 nitrogen and oxygen atoms in total. The number of aromatic amines is 1. The van der Waals surface area contributed by atoms with Gasteiger partial charge in [-0.3, -0.25) is 0 Å². The van der Waals surface area contributed by atoms with Crippen LogP contribution in [0.2, 0.25) is 0 Å². The maximum absolute atomic E-state index is 11.6. The van der Waals surface area contributed by atoms with Crippen LogP contribution >= 0.6 is 11.8 Å². The Hall–Kier alpha value is -1.10. The van der Waals surface area contributed by atoms with Crippen molar-refractivity contribution in [3.8, 4) is 11.3 Å². The van der Waals surface area contributed by atoms with E-state index >= 15 is 0 Å². The summed E-state index contributed by atoms with van der Waals surface area (Å²) >= 11 is 4.26. The van der Waals surface area contributed by atoms with E-state index < -0.39 is 0 Å². The number of aromatic nitrogens is 3. The Morgan fingerprint density at radius 1 is 1.25 bits per heavy atom. The molecule has 0 saturated heterocycles. The van der Waals surface area contributed by atoms with Crippen molar-refractivity contribution < 1.29 is 0 Å². The molecule has 16 heavy (non-hydrogen) atoms. The molecule has 0 amide bonds. The van der Waals surface area contributed by atoms with E-state index in [0.717, 1.165) is 10.5 Å². The molecule has 1 aromatic carbocycles. The molecule has 6 heteroatoms. The molecule has 0 bridgehead atoms. The normalized spacial score (nSPS) is 10.3. The van der Waals surface area contributed by atoms with Crippen LogP contribution in [-0.2, 0) is 0 Å². The standard InChI is InChI=1S/C10H8N3OSSe/c1-15-7-4-2-6(3-5-7)8-9(14)11-10(16)13-12-8/h2-5H,1H3,(H,11,13,14). The van der Waals surface area contributed by atoms with Crippen molar-refractivity contribution in [2.75, 3.05) is 6.26 Å². The van der Waals surface area contributed by atoms with E-state index in [1.165, 1.54) is 0 Å². The van der Waals surface area contributed by atoms with E-state index in [4.69, 9.17) is 0 Å². The first-order valence-electron chi connectivity index (χ1n) is 4.49. The molecular formula is C10H8N3OSSe. The molecule has 81 valence electrons.